The molecule has 5 nitrogen and oxygen atoms in total. The minimum atomic E-state index is -0.987. The minimum Gasteiger partial charge on any atom is -0.507 e. The largest absolute Gasteiger partial charge is 0.507 e. The van der Waals surface area contributed by atoms with E-state index in [1.807, 2.05) is 0 Å². The van der Waals surface area contributed by atoms with Crippen LogP contribution >= 0.6 is 15.9 Å². The van der Waals surface area contributed by atoms with Gasteiger partial charge in [-0.3, -0.25) is 9.59 Å². The van der Waals surface area contributed by atoms with Crippen molar-refractivity contribution >= 4 is 27.8 Å². The van der Waals surface area contributed by atoms with Crippen molar-refractivity contribution in [1.29, 1.82) is 0 Å². The van der Waals surface area contributed by atoms with E-state index in [4.69, 9.17) is 5.11 Å². The zero-order valence-corrected chi connectivity index (χ0v) is 11.6. The first-order valence-electron chi connectivity index (χ1n) is 5.24. The molecule has 0 saturated carbocycles. The summed E-state index contributed by atoms with van der Waals surface area (Å²) >= 11 is 3.11. The Morgan fingerprint density at radius 2 is 2.00 bits per heavy atom. The molecule has 3 N–H and O–H groups in total. The van der Waals surface area contributed by atoms with E-state index in [0.717, 1.165) is 0 Å². The summed E-state index contributed by atoms with van der Waals surface area (Å²) in [5, 5.41) is 20.8. The Hall–Kier alpha value is -1.56. The fraction of sp³-hybridized carbons (Fsp3) is 0.333. The first-order chi connectivity index (χ1) is 8.21. The molecule has 1 amide bonds. The van der Waals surface area contributed by atoms with E-state index >= 15 is 0 Å². The number of carbonyl (C=O) groups is 2. The molecule has 0 aromatic heterocycles. The molecule has 0 atom stereocenters. The van der Waals surface area contributed by atoms with Crippen molar-refractivity contribution in [2.75, 3.05) is 0 Å². The summed E-state index contributed by atoms with van der Waals surface area (Å²) in [6.07, 6.45) is -0.179. The second-order valence-corrected chi connectivity index (χ2v) is 5.43. The lowest BCUT2D eigenvalue weighted by molar-refractivity contribution is -0.138. The number of carbonyl (C=O) groups excluding carboxylic acids is 1. The van der Waals surface area contributed by atoms with E-state index in [1.54, 1.807) is 19.9 Å². The number of phenolic OH excluding ortho intramolecular Hbond substituents is 1. The van der Waals surface area contributed by atoms with Crippen molar-refractivity contribution in [2.45, 2.75) is 25.8 Å². The highest BCUT2D eigenvalue weighted by atomic mass is 79.9. The molecule has 0 fully saturated rings. The highest BCUT2D eigenvalue weighted by Gasteiger charge is 2.24. The highest BCUT2D eigenvalue weighted by Crippen LogP contribution is 2.24. The molecular weight excluding hydrogens is 302 g/mol. The third-order valence-electron chi connectivity index (χ3n) is 2.25. The van der Waals surface area contributed by atoms with Gasteiger partial charge in [0.2, 0.25) is 0 Å². The smallest absolute Gasteiger partial charge is 0.305 e. The van der Waals surface area contributed by atoms with Crippen LogP contribution in [0.25, 0.3) is 0 Å². The molecule has 0 aliphatic rings. The van der Waals surface area contributed by atoms with Crippen molar-refractivity contribution < 1.29 is 19.8 Å². The molecule has 0 radical (unpaired) electrons. The van der Waals surface area contributed by atoms with Gasteiger partial charge in [-0.15, -0.1) is 0 Å². The van der Waals surface area contributed by atoms with Gasteiger partial charge in [0.05, 0.1) is 10.9 Å². The third kappa shape index (κ3) is 4.03. The van der Waals surface area contributed by atoms with E-state index in [-0.39, 0.29) is 17.7 Å². The second kappa shape index (κ2) is 5.39. The molecule has 6 heteroatoms. The summed E-state index contributed by atoms with van der Waals surface area (Å²) in [7, 11) is 0. The highest BCUT2D eigenvalue weighted by molar-refractivity contribution is 9.10. The molecule has 1 aromatic carbocycles. The van der Waals surface area contributed by atoms with E-state index in [9.17, 15) is 14.7 Å². The number of hydrogen-bond donors (Lipinski definition) is 3. The zero-order valence-electron chi connectivity index (χ0n) is 10.0. The molecule has 98 valence electrons. The van der Waals surface area contributed by atoms with Gasteiger partial charge in [-0.25, -0.2) is 0 Å². The molecule has 1 aromatic rings. The van der Waals surface area contributed by atoms with Crippen LogP contribution in [0.4, 0.5) is 0 Å². The van der Waals surface area contributed by atoms with Gasteiger partial charge in [-0.1, -0.05) is 0 Å². The number of carboxylic acids is 1. The Morgan fingerprint density at radius 1 is 1.39 bits per heavy atom. The van der Waals surface area contributed by atoms with Crippen LogP contribution in [0.1, 0.15) is 30.6 Å². The normalized spacial score (nSPS) is 11.1. The number of benzene rings is 1. The second-order valence-electron chi connectivity index (χ2n) is 4.57. The number of amides is 1. The molecular formula is C12H14BrNO4. The fourth-order valence-corrected chi connectivity index (χ4v) is 1.70. The summed E-state index contributed by atoms with van der Waals surface area (Å²) in [5.41, 5.74) is -0.583. The Labute approximate surface area is 113 Å². The summed E-state index contributed by atoms with van der Waals surface area (Å²) in [6.45, 7) is 3.25. The van der Waals surface area contributed by atoms with Crippen molar-refractivity contribution in [3.8, 4) is 5.75 Å². The van der Waals surface area contributed by atoms with Crippen LogP contribution in [0, 0.1) is 0 Å². The van der Waals surface area contributed by atoms with Gasteiger partial charge < -0.3 is 15.5 Å². The first-order valence-corrected chi connectivity index (χ1v) is 6.03. The van der Waals surface area contributed by atoms with E-state index in [1.165, 1.54) is 12.1 Å². The number of rotatable bonds is 4. The quantitative estimate of drug-likeness (QED) is 0.794. The molecule has 0 heterocycles. The van der Waals surface area contributed by atoms with Gasteiger partial charge in [0.1, 0.15) is 5.75 Å². The predicted molar refractivity (Wildman–Crippen MR) is 69.6 cm³/mol. The fourth-order valence-electron chi connectivity index (χ4n) is 1.46. The third-order valence-corrected chi connectivity index (χ3v) is 2.92. The van der Waals surface area contributed by atoms with Gasteiger partial charge in [-0.05, 0) is 48.0 Å². The molecule has 0 saturated heterocycles. The lowest BCUT2D eigenvalue weighted by Gasteiger charge is -2.24. The SMILES string of the molecule is CC(C)(CC(=O)O)NC(=O)c1ccc(Br)c(O)c1. The molecule has 1 rings (SSSR count). The monoisotopic (exact) mass is 315 g/mol. The van der Waals surface area contributed by atoms with E-state index in [2.05, 4.69) is 21.2 Å². The van der Waals surface area contributed by atoms with Crippen LogP contribution in [0.2, 0.25) is 0 Å². The van der Waals surface area contributed by atoms with Crippen molar-refractivity contribution in [1.82, 2.24) is 5.32 Å². The maximum absolute atomic E-state index is 11.9. The van der Waals surface area contributed by atoms with Crippen LogP contribution in [-0.4, -0.2) is 27.6 Å². The average Bonchev–Trinajstić information content (AvgIpc) is 2.19. The van der Waals surface area contributed by atoms with Crippen molar-refractivity contribution in [3.63, 3.8) is 0 Å². The van der Waals surface area contributed by atoms with Crippen molar-refractivity contribution in [2.24, 2.45) is 0 Å². The lowest BCUT2D eigenvalue weighted by Crippen LogP contribution is -2.44. The van der Waals surface area contributed by atoms with Crippen LogP contribution in [0.15, 0.2) is 22.7 Å². The number of aromatic hydroxyl groups is 1. The van der Waals surface area contributed by atoms with Crippen LogP contribution < -0.4 is 5.32 Å². The number of aliphatic carboxylic acids is 1. The predicted octanol–water partition coefficient (Wildman–Crippen LogP) is 2.14. The number of hydrogen-bond acceptors (Lipinski definition) is 3. The number of halogens is 1. The van der Waals surface area contributed by atoms with E-state index < -0.39 is 17.4 Å². The standard InChI is InChI=1S/C12H14BrNO4/c1-12(2,6-10(16)17)14-11(18)7-3-4-8(13)9(15)5-7/h3-5,15H,6H2,1-2H3,(H,14,18)(H,16,17). The average molecular weight is 316 g/mol. The summed E-state index contributed by atoms with van der Waals surface area (Å²) < 4.78 is 0.490. The number of carboxylic acid groups (broad SMARTS) is 1. The van der Waals surface area contributed by atoms with E-state index in [0.29, 0.717) is 4.47 Å². The summed E-state index contributed by atoms with van der Waals surface area (Å²) in [4.78, 5) is 22.5. The molecule has 0 aliphatic carbocycles. The maximum atomic E-state index is 11.9. The molecule has 0 unspecified atom stereocenters. The summed E-state index contributed by atoms with van der Waals surface area (Å²) in [5.74, 6) is -1.46. The van der Waals surface area contributed by atoms with Gasteiger partial charge in [0.25, 0.3) is 5.91 Å². The topological polar surface area (TPSA) is 86.6 Å². The Morgan fingerprint density at radius 3 is 2.50 bits per heavy atom. The van der Waals surface area contributed by atoms with Crippen LogP contribution in [-0.2, 0) is 4.79 Å². The molecule has 0 bridgehead atoms. The Bertz CT molecular complexity index is 485. The first kappa shape index (κ1) is 14.5. The minimum absolute atomic E-state index is 0.0429. The number of phenols is 1. The van der Waals surface area contributed by atoms with Gasteiger partial charge >= 0.3 is 5.97 Å². The maximum Gasteiger partial charge on any atom is 0.305 e. The van der Waals surface area contributed by atoms with Crippen LogP contribution in [0.5, 0.6) is 5.75 Å². The van der Waals surface area contributed by atoms with Gasteiger partial charge in [0.15, 0.2) is 0 Å². The van der Waals surface area contributed by atoms with Crippen LogP contribution in [0.3, 0.4) is 0 Å². The molecule has 0 spiro atoms. The Kier molecular flexibility index (Phi) is 4.34. The number of nitrogens with one attached hydrogen (secondary N) is 1. The van der Waals surface area contributed by atoms with Crippen molar-refractivity contribution in [3.05, 3.63) is 28.2 Å². The van der Waals surface area contributed by atoms with Gasteiger partial charge in [0, 0.05) is 11.1 Å². The van der Waals surface area contributed by atoms with Gasteiger partial charge in [-0.2, -0.15) is 0 Å². The molecule has 18 heavy (non-hydrogen) atoms. The lowest BCUT2D eigenvalue weighted by atomic mass is 10.00. The summed E-state index contributed by atoms with van der Waals surface area (Å²) in [6, 6.07) is 4.40. The Balaban J connectivity index is 2.82. The molecule has 0 aliphatic heterocycles. The zero-order chi connectivity index (χ0) is 13.9.